The van der Waals surface area contributed by atoms with Crippen LogP contribution in [0.3, 0.4) is 0 Å². The molecule has 0 aliphatic heterocycles. The number of furan rings is 4. The lowest BCUT2D eigenvalue weighted by Crippen LogP contribution is -2.24. The monoisotopic (exact) mass is 1600 g/mol. The fraction of sp³-hybridized carbons (Fsp3) is 0.0492. The van der Waals surface area contributed by atoms with Gasteiger partial charge in [-0.2, -0.15) is 0 Å². The molecule has 0 fully saturated rings. The number of hydrogen-bond donors (Lipinski definition) is 0. The SMILES string of the molecule is CC1(C)c2ccccc2-c2c(-c3c4cccc(-c5cccc6ccc7oc8ccccc8c7c56)c4cc4c(-c5ccc(CC6(C)c7ccccc7-c7c(-c8c9cccc(-c%10cccc%11c%10ccc%10oc%12ccccc%12c%10%11)c9cc9c(-c%10cccc%11c%10ccc%10oc%12ccccc%12c%10%11)cccc89)cccc76)c6ccc7oc8ccccc8c7c56)cccc34)cccc21. The van der Waals surface area contributed by atoms with Crippen molar-refractivity contribution in [2.45, 2.75) is 38.0 Å². The van der Waals surface area contributed by atoms with Crippen LogP contribution in [0.2, 0.25) is 0 Å². The van der Waals surface area contributed by atoms with E-state index in [4.69, 9.17) is 17.7 Å². The molecule has 0 saturated heterocycles. The molecule has 22 aromatic carbocycles. The zero-order valence-corrected chi connectivity index (χ0v) is 69.2. The Morgan fingerprint density at radius 3 is 1.01 bits per heavy atom. The Labute approximate surface area is 723 Å². The van der Waals surface area contributed by atoms with Crippen molar-refractivity contribution in [2.24, 2.45) is 0 Å². The van der Waals surface area contributed by atoms with Gasteiger partial charge in [0.25, 0.3) is 0 Å². The summed E-state index contributed by atoms with van der Waals surface area (Å²) in [7, 11) is 0. The van der Waals surface area contributed by atoms with Gasteiger partial charge in [0, 0.05) is 64.7 Å². The Morgan fingerprint density at radius 1 is 0.175 bits per heavy atom. The third kappa shape index (κ3) is 9.46. The molecule has 28 rings (SSSR count). The zero-order chi connectivity index (χ0) is 82.7. The Balaban J connectivity index is 0.676. The lowest BCUT2D eigenvalue weighted by Gasteiger charge is -2.29. The van der Waals surface area contributed by atoms with E-state index in [1.165, 1.54) is 192 Å². The Hall–Kier alpha value is -15.9. The molecule has 126 heavy (non-hydrogen) atoms. The average molecular weight is 1600 g/mol. The quantitative estimate of drug-likeness (QED) is 0.142. The first-order valence-corrected chi connectivity index (χ1v) is 44.0. The molecule has 0 bridgehead atoms. The summed E-state index contributed by atoms with van der Waals surface area (Å²) in [6.45, 7) is 7.32. The summed E-state index contributed by atoms with van der Waals surface area (Å²) < 4.78 is 26.9. The van der Waals surface area contributed by atoms with E-state index in [1.807, 2.05) is 0 Å². The van der Waals surface area contributed by atoms with Crippen LogP contribution in [0.15, 0.2) is 400 Å². The third-order valence-corrected chi connectivity index (χ3v) is 29.2. The fourth-order valence-electron chi connectivity index (χ4n) is 23.8. The Morgan fingerprint density at radius 2 is 0.500 bits per heavy atom. The standard InChI is InChI=1S/C122H74O4/c1-121(2)99-47-10-4-26-87(99)114-93(45-23-49-101(114)121)112-84-43-21-36-75(79-38-16-25-68-56-61-109-119(111(68)79)91-30-8-14-53-105(91)125-109)97(84)66-98-76(37-22-44-85(98)112)86-57-55-69(70-58-62-110-120(118(70)86)92-31-9-15-54-106(92)126-110)67-122(3)100-48-11-5-27-88(100)115-94(46-24-50-102(115)122)113-82-41-19-34-73(71-32-17-39-80-77(71)59-63-107-116(80)89-28-6-12-51-103(89)123-107)95(82)65-96-74(35-20-42-83(96)113)72-33-18-40-81-78(72)60-64-108-117(81)90-29-7-13-52-104(90)124-108/h4-66H,67H2,1-3H3. The summed E-state index contributed by atoms with van der Waals surface area (Å²) in [5.41, 5.74) is 32.2. The van der Waals surface area contributed by atoms with Crippen LogP contribution < -0.4 is 0 Å². The van der Waals surface area contributed by atoms with E-state index in [-0.39, 0.29) is 5.41 Å². The Kier molecular flexibility index (Phi) is 14.2. The second-order valence-corrected chi connectivity index (χ2v) is 35.8. The molecule has 2 aliphatic carbocycles. The summed E-state index contributed by atoms with van der Waals surface area (Å²) in [6, 6.07) is 143. The van der Waals surface area contributed by atoms with Gasteiger partial charge in [-0.25, -0.2) is 0 Å². The first-order valence-electron chi connectivity index (χ1n) is 44.0. The molecule has 0 radical (unpaired) electrons. The van der Waals surface area contributed by atoms with E-state index in [1.54, 1.807) is 0 Å². The number of fused-ring (bicyclic) bond motifs is 30. The predicted molar refractivity (Wildman–Crippen MR) is 528 cm³/mol. The van der Waals surface area contributed by atoms with Crippen LogP contribution in [-0.2, 0) is 17.3 Å². The molecule has 2 aliphatic rings. The molecule has 4 heterocycles. The normalized spacial score (nSPS) is 14.3. The molecule has 1 unspecified atom stereocenters. The Bertz CT molecular complexity index is 9190. The van der Waals surface area contributed by atoms with Gasteiger partial charge in [-0.05, 0) is 259 Å². The number of para-hydroxylation sites is 4. The first kappa shape index (κ1) is 69.7. The number of hydrogen-bond acceptors (Lipinski definition) is 4. The maximum Gasteiger partial charge on any atom is 0.136 e. The van der Waals surface area contributed by atoms with Gasteiger partial charge in [-0.15, -0.1) is 0 Å². The second kappa shape index (κ2) is 25.6. The minimum Gasteiger partial charge on any atom is -0.456 e. The molecule has 0 saturated carbocycles. The molecule has 1 atom stereocenters. The van der Waals surface area contributed by atoms with E-state index < -0.39 is 5.41 Å². The van der Waals surface area contributed by atoms with Crippen LogP contribution in [0, 0.1) is 0 Å². The van der Waals surface area contributed by atoms with Gasteiger partial charge in [0.05, 0.1) is 0 Å². The van der Waals surface area contributed by atoms with Gasteiger partial charge in [0.2, 0.25) is 0 Å². The van der Waals surface area contributed by atoms with Crippen molar-refractivity contribution in [1.82, 2.24) is 0 Å². The van der Waals surface area contributed by atoms with Crippen LogP contribution >= 0.6 is 0 Å². The molecular weight excluding hydrogens is 1530 g/mol. The molecular formula is C122H74O4. The van der Waals surface area contributed by atoms with Crippen molar-refractivity contribution in [3.63, 3.8) is 0 Å². The van der Waals surface area contributed by atoms with Gasteiger partial charge in [-0.3, -0.25) is 0 Å². The number of rotatable bonds is 8. The molecule has 4 heteroatoms. The third-order valence-electron chi connectivity index (χ3n) is 29.2. The number of benzene rings is 22. The lowest BCUT2D eigenvalue weighted by molar-refractivity contribution is 0.585. The van der Waals surface area contributed by atoms with Crippen molar-refractivity contribution in [3.8, 4) is 89.0 Å². The molecule has 4 aromatic heterocycles. The minimum absolute atomic E-state index is 0.222. The maximum absolute atomic E-state index is 7.06. The first-order chi connectivity index (χ1) is 62.1. The van der Waals surface area contributed by atoms with Crippen molar-refractivity contribution in [1.29, 1.82) is 0 Å². The molecule has 0 N–H and O–H groups in total. The van der Waals surface area contributed by atoms with Crippen molar-refractivity contribution < 1.29 is 17.7 Å². The van der Waals surface area contributed by atoms with Crippen LogP contribution in [0.5, 0.6) is 0 Å². The van der Waals surface area contributed by atoms with Gasteiger partial charge < -0.3 is 17.7 Å². The van der Waals surface area contributed by atoms with Crippen molar-refractivity contribution >= 4 is 174 Å². The fourth-order valence-corrected chi connectivity index (χ4v) is 23.8. The summed E-state index contributed by atoms with van der Waals surface area (Å²) in [5.74, 6) is 0. The van der Waals surface area contributed by atoms with Crippen LogP contribution in [0.25, 0.3) is 263 Å². The lowest BCUT2D eigenvalue weighted by atomic mass is 9.73. The van der Waals surface area contributed by atoms with Crippen LogP contribution in [0.4, 0.5) is 0 Å². The molecule has 0 amide bonds. The molecule has 0 spiro atoms. The molecule has 26 aromatic rings. The highest BCUT2D eigenvalue weighted by Gasteiger charge is 2.43. The highest BCUT2D eigenvalue weighted by atomic mass is 16.3. The second-order valence-electron chi connectivity index (χ2n) is 35.8. The van der Waals surface area contributed by atoms with E-state index in [0.717, 1.165) is 98.9 Å². The van der Waals surface area contributed by atoms with E-state index in [2.05, 4.69) is 403 Å². The van der Waals surface area contributed by atoms with Gasteiger partial charge in [0.15, 0.2) is 0 Å². The van der Waals surface area contributed by atoms with Gasteiger partial charge in [0.1, 0.15) is 44.7 Å². The van der Waals surface area contributed by atoms with E-state index >= 15 is 0 Å². The summed E-state index contributed by atoms with van der Waals surface area (Å²) in [5, 5.41) is 27.9. The van der Waals surface area contributed by atoms with Crippen molar-refractivity contribution in [2.75, 3.05) is 0 Å². The highest BCUT2D eigenvalue weighted by Crippen LogP contribution is 2.60. The van der Waals surface area contributed by atoms with Gasteiger partial charge >= 0.3 is 0 Å². The summed E-state index contributed by atoms with van der Waals surface area (Å²) >= 11 is 0. The smallest absolute Gasteiger partial charge is 0.136 e. The van der Waals surface area contributed by atoms with Crippen LogP contribution in [0.1, 0.15) is 48.6 Å². The van der Waals surface area contributed by atoms with E-state index in [0.29, 0.717) is 6.42 Å². The predicted octanol–water partition coefficient (Wildman–Crippen LogP) is 34.3. The summed E-state index contributed by atoms with van der Waals surface area (Å²) in [6.07, 6.45) is 0.707. The average Bonchev–Trinajstić information content (AvgIpc) is 1.58. The van der Waals surface area contributed by atoms with Crippen molar-refractivity contribution in [3.05, 3.63) is 410 Å². The topological polar surface area (TPSA) is 52.6 Å². The highest BCUT2D eigenvalue weighted by molar-refractivity contribution is 6.32. The largest absolute Gasteiger partial charge is 0.456 e. The molecule has 4 nitrogen and oxygen atoms in total. The minimum atomic E-state index is -0.527. The maximum atomic E-state index is 7.06. The molecule has 586 valence electrons. The zero-order valence-electron chi connectivity index (χ0n) is 69.2. The van der Waals surface area contributed by atoms with Crippen LogP contribution in [-0.4, -0.2) is 0 Å². The van der Waals surface area contributed by atoms with E-state index in [9.17, 15) is 0 Å². The van der Waals surface area contributed by atoms with Gasteiger partial charge in [-0.1, -0.05) is 342 Å². The summed E-state index contributed by atoms with van der Waals surface area (Å²) in [4.78, 5) is 0.